The summed E-state index contributed by atoms with van der Waals surface area (Å²) in [6, 6.07) is 0. The van der Waals surface area contributed by atoms with Gasteiger partial charge in [-0.15, -0.1) is 0 Å². The van der Waals surface area contributed by atoms with E-state index in [4.69, 9.17) is 0 Å². The van der Waals surface area contributed by atoms with Crippen LogP contribution < -0.4 is 0 Å². The zero-order valence-electron chi connectivity index (χ0n) is 12.7. The Balaban J connectivity index is 3.69. The first-order valence-corrected chi connectivity index (χ1v) is 7.90. The molecule has 0 aromatic carbocycles. The lowest BCUT2D eigenvalue weighted by molar-refractivity contribution is -0.428. The summed E-state index contributed by atoms with van der Waals surface area (Å²) in [4.78, 5) is 20.7. The molecule has 4 nitrogen and oxygen atoms in total. The Morgan fingerprint density at radius 2 is 1.70 bits per heavy atom. The van der Waals surface area contributed by atoms with Gasteiger partial charge in [-0.2, -0.15) is 0 Å². The molecule has 4 heteroatoms. The van der Waals surface area contributed by atoms with E-state index in [1.54, 1.807) is 6.08 Å². The fourth-order valence-corrected chi connectivity index (χ4v) is 2.14. The molecule has 0 heterocycles. The molecule has 0 aromatic heterocycles. The molecule has 0 saturated heterocycles. The number of nitrogens with zero attached hydrogens (tertiary/aromatic N) is 1. The second kappa shape index (κ2) is 14.2. The molecule has 115 valence electrons. The average Bonchev–Trinajstić information content (AvgIpc) is 2.43. The summed E-state index contributed by atoms with van der Waals surface area (Å²) in [6.07, 6.45) is 15.1. The third kappa shape index (κ3) is 11.9. The minimum atomic E-state index is -0.230. The van der Waals surface area contributed by atoms with Crippen LogP contribution in [0, 0.1) is 10.1 Å². The van der Waals surface area contributed by atoms with Crippen LogP contribution in [0.4, 0.5) is 0 Å². The number of unbranched alkanes of at least 4 members (excludes halogenated alkanes) is 9. The third-order valence-electron chi connectivity index (χ3n) is 3.38. The minimum Gasteiger partial charge on any atom is -0.291 e. The van der Waals surface area contributed by atoms with Gasteiger partial charge in [-0.1, -0.05) is 45.4 Å². The zero-order valence-corrected chi connectivity index (χ0v) is 12.7. The SMILES string of the molecule is CCCCCC/C(=C/CCCCCCC[C]=O)[N+](=O)[O-]. The van der Waals surface area contributed by atoms with E-state index in [0.29, 0.717) is 18.5 Å². The predicted molar refractivity (Wildman–Crippen MR) is 81.8 cm³/mol. The maximum absolute atomic E-state index is 10.9. The molecule has 0 bridgehead atoms. The van der Waals surface area contributed by atoms with Gasteiger partial charge in [-0.25, -0.2) is 0 Å². The molecule has 0 rings (SSSR count). The van der Waals surface area contributed by atoms with E-state index in [0.717, 1.165) is 64.2 Å². The van der Waals surface area contributed by atoms with Crippen LogP contribution in [-0.4, -0.2) is 11.2 Å². The van der Waals surface area contributed by atoms with E-state index < -0.39 is 0 Å². The van der Waals surface area contributed by atoms with Gasteiger partial charge in [0.25, 0.3) is 0 Å². The van der Waals surface area contributed by atoms with Crippen molar-refractivity contribution in [3.63, 3.8) is 0 Å². The Labute approximate surface area is 122 Å². The van der Waals surface area contributed by atoms with Crippen molar-refractivity contribution in [1.29, 1.82) is 0 Å². The average molecular weight is 282 g/mol. The molecule has 1 radical (unpaired) electrons. The van der Waals surface area contributed by atoms with Gasteiger partial charge in [0.05, 0.1) is 4.92 Å². The number of nitro groups is 1. The van der Waals surface area contributed by atoms with Crippen molar-refractivity contribution < 1.29 is 9.72 Å². The van der Waals surface area contributed by atoms with Crippen molar-refractivity contribution >= 4 is 6.29 Å². The van der Waals surface area contributed by atoms with Crippen LogP contribution in [0.1, 0.15) is 84.0 Å². The van der Waals surface area contributed by atoms with E-state index in [1.165, 1.54) is 0 Å². The molecule has 0 saturated carbocycles. The van der Waals surface area contributed by atoms with Crippen LogP contribution in [0.3, 0.4) is 0 Å². The Morgan fingerprint density at radius 1 is 1.05 bits per heavy atom. The van der Waals surface area contributed by atoms with Crippen molar-refractivity contribution in [3.05, 3.63) is 21.9 Å². The van der Waals surface area contributed by atoms with Gasteiger partial charge in [0.1, 0.15) is 0 Å². The molecule has 0 spiro atoms. The van der Waals surface area contributed by atoms with Gasteiger partial charge < -0.3 is 0 Å². The summed E-state index contributed by atoms with van der Waals surface area (Å²) in [5.74, 6) is 0. The Kier molecular flexibility index (Phi) is 13.4. The molecule has 0 aliphatic carbocycles. The number of hydrogen-bond acceptors (Lipinski definition) is 3. The van der Waals surface area contributed by atoms with Crippen LogP contribution >= 0.6 is 0 Å². The summed E-state index contributed by atoms with van der Waals surface area (Å²) >= 11 is 0. The van der Waals surface area contributed by atoms with Gasteiger partial charge in [-0.05, 0) is 31.8 Å². The second-order valence-corrected chi connectivity index (χ2v) is 5.21. The fourth-order valence-electron chi connectivity index (χ4n) is 2.14. The smallest absolute Gasteiger partial charge is 0.242 e. The topological polar surface area (TPSA) is 60.2 Å². The van der Waals surface area contributed by atoms with Crippen LogP contribution in [0.5, 0.6) is 0 Å². The van der Waals surface area contributed by atoms with Gasteiger partial charge in [-0.3, -0.25) is 14.9 Å². The third-order valence-corrected chi connectivity index (χ3v) is 3.38. The predicted octanol–water partition coefficient (Wildman–Crippen LogP) is 4.96. The largest absolute Gasteiger partial charge is 0.291 e. The van der Waals surface area contributed by atoms with Crippen LogP contribution in [0.15, 0.2) is 11.8 Å². The molecule has 0 aliphatic heterocycles. The lowest BCUT2D eigenvalue weighted by atomic mass is 10.1. The molecular weight excluding hydrogens is 254 g/mol. The highest BCUT2D eigenvalue weighted by molar-refractivity contribution is 5.50. The first-order chi connectivity index (χ1) is 9.72. The Hall–Kier alpha value is -1.19. The molecule has 0 unspecified atom stereocenters. The van der Waals surface area contributed by atoms with Crippen LogP contribution in [0.25, 0.3) is 0 Å². The van der Waals surface area contributed by atoms with Crippen LogP contribution in [-0.2, 0) is 4.79 Å². The first-order valence-electron chi connectivity index (χ1n) is 7.90. The summed E-state index contributed by atoms with van der Waals surface area (Å²) in [5, 5.41) is 10.9. The molecule has 0 aromatic rings. The van der Waals surface area contributed by atoms with Crippen molar-refractivity contribution in [1.82, 2.24) is 0 Å². The van der Waals surface area contributed by atoms with Crippen molar-refractivity contribution in [2.45, 2.75) is 84.0 Å². The molecule has 0 aliphatic rings. The quantitative estimate of drug-likeness (QED) is 0.257. The Bertz CT molecular complexity index is 287. The lowest BCUT2D eigenvalue weighted by Crippen LogP contribution is -1.99. The number of carbonyl (C=O) groups excluding carboxylic acids is 1. The van der Waals surface area contributed by atoms with E-state index in [-0.39, 0.29) is 4.92 Å². The second-order valence-electron chi connectivity index (χ2n) is 5.21. The molecule has 20 heavy (non-hydrogen) atoms. The number of hydrogen-bond donors (Lipinski definition) is 0. The Morgan fingerprint density at radius 3 is 2.35 bits per heavy atom. The van der Waals surface area contributed by atoms with Gasteiger partial charge in [0.2, 0.25) is 5.70 Å². The standard InChI is InChI=1S/C16H28NO3/c1-2-3-4-10-13-16(17(19)20)14-11-8-6-5-7-9-12-15-18/h14H,2-13H2,1H3/b16-14-. The molecule has 0 N–H and O–H groups in total. The maximum Gasteiger partial charge on any atom is 0.242 e. The van der Waals surface area contributed by atoms with Crippen LogP contribution in [0.2, 0.25) is 0 Å². The lowest BCUT2D eigenvalue weighted by Gasteiger charge is -2.00. The minimum absolute atomic E-state index is 0.230. The van der Waals surface area contributed by atoms with Gasteiger partial charge in [0, 0.05) is 12.8 Å². The highest BCUT2D eigenvalue weighted by Gasteiger charge is 2.08. The van der Waals surface area contributed by atoms with E-state index in [1.807, 2.05) is 6.29 Å². The van der Waals surface area contributed by atoms with Crippen molar-refractivity contribution in [2.75, 3.05) is 0 Å². The normalized spacial score (nSPS) is 11.6. The highest BCUT2D eigenvalue weighted by atomic mass is 16.6. The van der Waals surface area contributed by atoms with Crippen molar-refractivity contribution in [2.24, 2.45) is 0 Å². The summed E-state index contributed by atoms with van der Waals surface area (Å²) in [5.41, 5.74) is 0.386. The van der Waals surface area contributed by atoms with Gasteiger partial charge in [0.15, 0.2) is 6.29 Å². The van der Waals surface area contributed by atoms with Crippen molar-refractivity contribution in [3.8, 4) is 0 Å². The molecule has 0 amide bonds. The first kappa shape index (κ1) is 18.8. The van der Waals surface area contributed by atoms with Gasteiger partial charge >= 0.3 is 0 Å². The summed E-state index contributed by atoms with van der Waals surface area (Å²) < 4.78 is 0. The number of rotatable bonds is 14. The number of allylic oxidation sites excluding steroid dienone is 2. The summed E-state index contributed by atoms with van der Waals surface area (Å²) in [6.45, 7) is 2.14. The fraction of sp³-hybridized carbons (Fsp3) is 0.812. The maximum atomic E-state index is 10.9. The van der Waals surface area contributed by atoms with E-state index >= 15 is 0 Å². The zero-order chi connectivity index (χ0) is 15.1. The van der Waals surface area contributed by atoms with E-state index in [9.17, 15) is 14.9 Å². The molecular formula is C16H28NO3. The molecule has 0 fully saturated rings. The highest BCUT2D eigenvalue weighted by Crippen LogP contribution is 2.13. The monoisotopic (exact) mass is 282 g/mol. The summed E-state index contributed by atoms with van der Waals surface area (Å²) in [7, 11) is 0. The molecule has 0 atom stereocenters. The van der Waals surface area contributed by atoms with E-state index in [2.05, 4.69) is 6.92 Å².